The van der Waals surface area contributed by atoms with Gasteiger partial charge in [0, 0.05) is 23.0 Å². The first-order valence-electron chi connectivity index (χ1n) is 8.14. The number of ether oxygens (including phenoxy) is 1. The molecule has 0 aliphatic carbocycles. The maximum absolute atomic E-state index is 12.4. The minimum Gasteiger partial charge on any atom is -0.497 e. The van der Waals surface area contributed by atoms with Crippen molar-refractivity contribution in [2.45, 2.75) is 13.5 Å². The summed E-state index contributed by atoms with van der Waals surface area (Å²) in [4.78, 5) is 29.3. The molecule has 132 valence electrons. The highest BCUT2D eigenvalue weighted by molar-refractivity contribution is 5.90. The number of amides is 1. The van der Waals surface area contributed by atoms with Crippen molar-refractivity contribution in [1.29, 1.82) is 0 Å². The van der Waals surface area contributed by atoms with Crippen molar-refractivity contribution in [3.8, 4) is 17.1 Å². The van der Waals surface area contributed by atoms with Crippen LogP contribution in [0.2, 0.25) is 0 Å². The van der Waals surface area contributed by atoms with Crippen molar-refractivity contribution in [3.05, 3.63) is 76.7 Å². The molecular weight excluding hydrogens is 330 g/mol. The van der Waals surface area contributed by atoms with Gasteiger partial charge < -0.3 is 10.1 Å². The van der Waals surface area contributed by atoms with Crippen LogP contribution in [0.1, 0.15) is 5.69 Å². The molecule has 0 saturated heterocycles. The smallest absolute Gasteiger partial charge is 0.254 e. The van der Waals surface area contributed by atoms with Gasteiger partial charge in [0.1, 0.15) is 18.1 Å². The number of anilines is 1. The number of hydrogen-bond donors (Lipinski definition) is 1. The van der Waals surface area contributed by atoms with E-state index in [-0.39, 0.29) is 18.0 Å². The lowest BCUT2D eigenvalue weighted by molar-refractivity contribution is -0.116. The van der Waals surface area contributed by atoms with E-state index < -0.39 is 0 Å². The van der Waals surface area contributed by atoms with Crippen LogP contribution in [0.3, 0.4) is 0 Å². The van der Waals surface area contributed by atoms with E-state index in [0.717, 1.165) is 5.56 Å². The molecule has 1 heterocycles. The second-order valence-corrected chi connectivity index (χ2v) is 5.79. The van der Waals surface area contributed by atoms with Gasteiger partial charge in [-0.2, -0.15) is 0 Å². The van der Waals surface area contributed by atoms with Gasteiger partial charge in [0.2, 0.25) is 5.91 Å². The second-order valence-electron chi connectivity index (χ2n) is 5.79. The van der Waals surface area contributed by atoms with Crippen molar-refractivity contribution in [2.75, 3.05) is 12.4 Å². The Balaban J connectivity index is 1.86. The number of rotatable bonds is 5. The molecule has 0 atom stereocenters. The Morgan fingerprint density at radius 2 is 1.81 bits per heavy atom. The zero-order chi connectivity index (χ0) is 18.5. The Morgan fingerprint density at radius 3 is 2.46 bits per heavy atom. The third-order valence-electron chi connectivity index (χ3n) is 3.84. The number of aromatic nitrogens is 2. The van der Waals surface area contributed by atoms with Gasteiger partial charge in [-0.25, -0.2) is 4.98 Å². The molecule has 0 spiro atoms. The van der Waals surface area contributed by atoms with E-state index in [2.05, 4.69) is 10.3 Å². The number of aryl methyl sites for hydroxylation is 1. The van der Waals surface area contributed by atoms with Gasteiger partial charge in [-0.3, -0.25) is 14.2 Å². The average molecular weight is 349 g/mol. The Bertz CT molecular complexity index is 964. The Morgan fingerprint density at radius 1 is 1.12 bits per heavy atom. The molecule has 0 aliphatic rings. The highest BCUT2D eigenvalue weighted by Gasteiger charge is 2.13. The lowest BCUT2D eigenvalue weighted by Gasteiger charge is -2.13. The number of carbonyl (C=O) groups excluding carboxylic acids is 1. The fourth-order valence-electron chi connectivity index (χ4n) is 2.60. The first kappa shape index (κ1) is 17.4. The molecular formula is C20H19N3O3. The zero-order valence-corrected chi connectivity index (χ0v) is 14.6. The van der Waals surface area contributed by atoms with Crippen LogP contribution in [0, 0.1) is 6.92 Å². The van der Waals surface area contributed by atoms with Crippen molar-refractivity contribution in [1.82, 2.24) is 9.55 Å². The number of nitrogens with zero attached hydrogens (tertiary/aromatic N) is 2. The van der Waals surface area contributed by atoms with Crippen LogP contribution in [-0.2, 0) is 11.3 Å². The van der Waals surface area contributed by atoms with E-state index in [1.807, 2.05) is 30.3 Å². The summed E-state index contributed by atoms with van der Waals surface area (Å²) in [5.74, 6) is 0.869. The highest BCUT2D eigenvalue weighted by atomic mass is 16.5. The first-order chi connectivity index (χ1) is 12.6. The van der Waals surface area contributed by atoms with Gasteiger partial charge in [0.15, 0.2) is 0 Å². The summed E-state index contributed by atoms with van der Waals surface area (Å²) in [7, 11) is 1.58. The Kier molecular flexibility index (Phi) is 5.12. The normalized spacial score (nSPS) is 10.4. The molecule has 2 aromatic carbocycles. The fourth-order valence-corrected chi connectivity index (χ4v) is 2.60. The molecule has 0 aliphatic heterocycles. The van der Waals surface area contributed by atoms with E-state index >= 15 is 0 Å². The van der Waals surface area contributed by atoms with Gasteiger partial charge in [-0.15, -0.1) is 0 Å². The highest BCUT2D eigenvalue weighted by Crippen LogP contribution is 2.17. The molecule has 6 nitrogen and oxygen atoms in total. The topological polar surface area (TPSA) is 73.2 Å². The SMILES string of the molecule is COc1ccc(NC(=O)Cn2c(-c3ccccc3)nc(C)cc2=O)cc1. The maximum atomic E-state index is 12.4. The number of benzene rings is 2. The van der Waals surface area contributed by atoms with Crippen LogP contribution in [0.15, 0.2) is 65.5 Å². The van der Waals surface area contributed by atoms with Crippen molar-refractivity contribution in [2.24, 2.45) is 0 Å². The molecule has 0 radical (unpaired) electrons. The standard InChI is InChI=1S/C20H19N3O3/c1-14-12-19(25)23(20(21-14)15-6-4-3-5-7-15)13-18(24)22-16-8-10-17(26-2)11-9-16/h3-12H,13H2,1-2H3,(H,22,24). The summed E-state index contributed by atoms with van der Waals surface area (Å²) in [5, 5.41) is 2.78. The molecule has 6 heteroatoms. The minimum atomic E-state index is -0.305. The summed E-state index contributed by atoms with van der Waals surface area (Å²) < 4.78 is 6.47. The number of nitrogens with one attached hydrogen (secondary N) is 1. The van der Waals surface area contributed by atoms with E-state index in [1.54, 1.807) is 38.3 Å². The summed E-state index contributed by atoms with van der Waals surface area (Å²) in [6.45, 7) is 1.64. The molecule has 0 saturated carbocycles. The lowest BCUT2D eigenvalue weighted by atomic mass is 10.2. The monoisotopic (exact) mass is 349 g/mol. The van der Waals surface area contributed by atoms with Crippen LogP contribution in [0.25, 0.3) is 11.4 Å². The van der Waals surface area contributed by atoms with Crippen molar-refractivity contribution in [3.63, 3.8) is 0 Å². The largest absolute Gasteiger partial charge is 0.497 e. The number of hydrogen-bond acceptors (Lipinski definition) is 4. The molecule has 0 fully saturated rings. The van der Waals surface area contributed by atoms with Gasteiger partial charge >= 0.3 is 0 Å². The van der Waals surface area contributed by atoms with E-state index in [4.69, 9.17) is 4.74 Å². The van der Waals surface area contributed by atoms with Crippen molar-refractivity contribution < 1.29 is 9.53 Å². The van der Waals surface area contributed by atoms with Crippen LogP contribution in [0.5, 0.6) is 5.75 Å². The zero-order valence-electron chi connectivity index (χ0n) is 14.6. The fraction of sp³-hybridized carbons (Fsp3) is 0.150. The number of carbonyl (C=O) groups is 1. The summed E-state index contributed by atoms with van der Waals surface area (Å²) >= 11 is 0. The quantitative estimate of drug-likeness (QED) is 0.769. The molecule has 3 rings (SSSR count). The predicted octanol–water partition coefficient (Wildman–Crippen LogP) is 2.87. The molecule has 0 bridgehead atoms. The molecule has 1 aromatic heterocycles. The third-order valence-corrected chi connectivity index (χ3v) is 3.84. The lowest BCUT2D eigenvalue weighted by Crippen LogP contribution is -2.29. The maximum Gasteiger partial charge on any atom is 0.254 e. The first-order valence-corrected chi connectivity index (χ1v) is 8.14. The van der Waals surface area contributed by atoms with Crippen molar-refractivity contribution >= 4 is 11.6 Å². The van der Waals surface area contributed by atoms with E-state index in [1.165, 1.54) is 10.6 Å². The average Bonchev–Trinajstić information content (AvgIpc) is 2.65. The van der Waals surface area contributed by atoms with Crippen LogP contribution < -0.4 is 15.6 Å². The van der Waals surface area contributed by atoms with Gasteiger partial charge in [0.25, 0.3) is 5.56 Å². The second kappa shape index (κ2) is 7.65. The van der Waals surface area contributed by atoms with Gasteiger partial charge in [-0.1, -0.05) is 30.3 Å². The van der Waals surface area contributed by atoms with Gasteiger partial charge in [-0.05, 0) is 31.2 Å². The van der Waals surface area contributed by atoms with E-state index in [0.29, 0.717) is 23.0 Å². The molecule has 3 aromatic rings. The molecule has 1 amide bonds. The summed E-state index contributed by atoms with van der Waals surface area (Å²) in [6, 6.07) is 17.8. The Hall–Kier alpha value is -3.41. The van der Waals surface area contributed by atoms with E-state index in [9.17, 15) is 9.59 Å². The summed E-state index contributed by atoms with van der Waals surface area (Å²) in [5.41, 5.74) is 1.76. The number of methoxy groups -OCH3 is 1. The predicted molar refractivity (Wildman–Crippen MR) is 100 cm³/mol. The molecule has 0 unspecified atom stereocenters. The third kappa shape index (κ3) is 3.97. The Labute approximate surface area is 151 Å². The van der Waals surface area contributed by atoms with Crippen LogP contribution >= 0.6 is 0 Å². The molecule has 26 heavy (non-hydrogen) atoms. The minimum absolute atomic E-state index is 0.123. The van der Waals surface area contributed by atoms with Gasteiger partial charge in [0.05, 0.1) is 7.11 Å². The molecule has 1 N–H and O–H groups in total. The van der Waals surface area contributed by atoms with Crippen LogP contribution in [0.4, 0.5) is 5.69 Å². The summed E-state index contributed by atoms with van der Waals surface area (Å²) in [6.07, 6.45) is 0. The van der Waals surface area contributed by atoms with Crippen LogP contribution in [-0.4, -0.2) is 22.6 Å².